The van der Waals surface area contributed by atoms with Gasteiger partial charge in [0, 0.05) is 40.3 Å². The fraction of sp³-hybridized carbons (Fsp3) is 0.0789. The summed E-state index contributed by atoms with van der Waals surface area (Å²) in [5, 5.41) is 8.08. The molecule has 0 saturated heterocycles. The van der Waals surface area contributed by atoms with Crippen LogP contribution in [0.4, 0.5) is 5.69 Å². The Bertz CT molecular complexity index is 1970. The highest BCUT2D eigenvalue weighted by atomic mass is 35.5. The summed E-state index contributed by atoms with van der Waals surface area (Å²) >= 11 is 7.19. The molecule has 0 spiro atoms. The molecule has 1 aliphatic rings. The zero-order valence-corrected chi connectivity index (χ0v) is 25.0. The minimum absolute atomic E-state index is 0.171. The van der Waals surface area contributed by atoms with Gasteiger partial charge in [-0.05, 0) is 60.2 Å². The Morgan fingerprint density at radius 1 is 0.689 bits per heavy atom. The highest BCUT2D eigenvalue weighted by Crippen LogP contribution is 2.45. The van der Waals surface area contributed by atoms with E-state index in [1.807, 2.05) is 134 Å². The van der Waals surface area contributed by atoms with Crippen molar-refractivity contribution in [1.82, 2.24) is 10.3 Å². The van der Waals surface area contributed by atoms with Gasteiger partial charge in [-0.2, -0.15) is 0 Å². The Balaban J connectivity index is 1.14. The number of carbonyl (C=O) groups excluding carboxylic acids is 1. The highest BCUT2D eigenvalue weighted by molar-refractivity contribution is 6.30. The third-order valence-electron chi connectivity index (χ3n) is 7.85. The molecule has 1 heterocycles. The maximum Gasteiger partial charge on any atom is 0.255 e. The maximum absolute atomic E-state index is 13.1. The van der Waals surface area contributed by atoms with Crippen LogP contribution >= 0.6 is 11.6 Å². The monoisotopic (exact) mass is 611 g/mol. The van der Waals surface area contributed by atoms with E-state index >= 15 is 0 Å². The van der Waals surface area contributed by atoms with Crippen LogP contribution in [0.25, 0.3) is 10.9 Å². The molecule has 1 aliphatic carbocycles. The van der Waals surface area contributed by atoms with E-state index in [2.05, 4.69) is 21.7 Å². The summed E-state index contributed by atoms with van der Waals surface area (Å²) in [6.45, 7) is 0.463. The number of rotatable bonds is 9. The van der Waals surface area contributed by atoms with Crippen LogP contribution in [0.1, 0.15) is 39.3 Å². The second-order valence-corrected chi connectivity index (χ2v) is 11.2. The van der Waals surface area contributed by atoms with Gasteiger partial charge >= 0.3 is 0 Å². The molecule has 5 aromatic carbocycles. The van der Waals surface area contributed by atoms with Gasteiger partial charge < -0.3 is 25.1 Å². The average molecular weight is 612 g/mol. The number of benzene rings is 5. The molecule has 222 valence electrons. The number of H-pyrrole nitrogens is 1. The fourth-order valence-electron chi connectivity index (χ4n) is 5.59. The number of hydrogen-bond donors (Lipinski definition) is 3. The molecule has 6 nitrogen and oxygen atoms in total. The molecule has 2 atom stereocenters. The van der Waals surface area contributed by atoms with Gasteiger partial charge in [0.1, 0.15) is 11.5 Å². The Morgan fingerprint density at radius 3 is 2.00 bits per heavy atom. The molecule has 1 amide bonds. The predicted octanol–water partition coefficient (Wildman–Crippen LogP) is 8.91. The van der Waals surface area contributed by atoms with E-state index in [0.29, 0.717) is 17.1 Å². The molecule has 6 aromatic rings. The minimum atomic E-state index is -0.515. The molecule has 0 fully saturated rings. The van der Waals surface area contributed by atoms with E-state index in [1.54, 1.807) is 0 Å². The lowest BCUT2D eigenvalue weighted by Gasteiger charge is -2.34. The van der Waals surface area contributed by atoms with E-state index in [1.165, 1.54) is 0 Å². The first-order chi connectivity index (χ1) is 22.1. The molecule has 7 heteroatoms. The lowest BCUT2D eigenvalue weighted by atomic mass is 9.89. The molecular weight excluding hydrogens is 582 g/mol. The summed E-state index contributed by atoms with van der Waals surface area (Å²) in [6.07, 6.45) is 0.868. The van der Waals surface area contributed by atoms with Crippen molar-refractivity contribution in [1.29, 1.82) is 0 Å². The standard InChI is InChI=1S/C38H30ClN3O3/c39-34-35(41-24-25-18-20-26(21-19-25)38(43)42-33-17-9-16-32-31(33)22-23-40-32)37(45-28-12-5-2-6-13-28)30-15-8-7-14-29(30)36(34)44-27-10-3-1-4-11-27/h1-23,36-37,40-41H,24H2,(H,42,43). The maximum atomic E-state index is 13.1. The molecule has 45 heavy (non-hydrogen) atoms. The summed E-state index contributed by atoms with van der Waals surface area (Å²) < 4.78 is 13.0. The number of para-hydroxylation sites is 2. The van der Waals surface area contributed by atoms with Crippen molar-refractivity contribution in [2.24, 2.45) is 0 Å². The van der Waals surface area contributed by atoms with Crippen molar-refractivity contribution in [2.75, 3.05) is 5.32 Å². The van der Waals surface area contributed by atoms with E-state index in [0.717, 1.165) is 50.5 Å². The number of halogens is 1. The smallest absolute Gasteiger partial charge is 0.255 e. The number of aromatic amines is 1. The number of nitrogens with one attached hydrogen (secondary N) is 3. The molecule has 0 saturated carbocycles. The molecular formula is C38H30ClN3O3. The quantitative estimate of drug-likeness (QED) is 0.153. The van der Waals surface area contributed by atoms with Crippen molar-refractivity contribution >= 4 is 34.1 Å². The molecule has 0 radical (unpaired) electrons. The summed E-state index contributed by atoms with van der Waals surface area (Å²) in [5.74, 6) is 1.28. The van der Waals surface area contributed by atoms with Crippen LogP contribution < -0.4 is 20.1 Å². The van der Waals surface area contributed by atoms with Crippen molar-refractivity contribution < 1.29 is 14.3 Å². The normalized spacial score (nSPS) is 15.8. The van der Waals surface area contributed by atoms with Crippen molar-refractivity contribution in [2.45, 2.75) is 18.8 Å². The largest absolute Gasteiger partial charge is 0.480 e. The minimum Gasteiger partial charge on any atom is -0.480 e. The van der Waals surface area contributed by atoms with Gasteiger partial charge in [0.2, 0.25) is 0 Å². The van der Waals surface area contributed by atoms with E-state index < -0.39 is 12.2 Å². The fourth-order valence-corrected chi connectivity index (χ4v) is 5.92. The summed E-state index contributed by atoms with van der Waals surface area (Å²) in [5.41, 5.74) is 5.92. The van der Waals surface area contributed by atoms with Crippen LogP contribution in [-0.2, 0) is 6.54 Å². The number of fused-ring (bicyclic) bond motifs is 2. The van der Waals surface area contributed by atoms with Gasteiger partial charge in [-0.15, -0.1) is 0 Å². The van der Waals surface area contributed by atoms with Crippen molar-refractivity contribution in [3.05, 3.63) is 173 Å². The first-order valence-electron chi connectivity index (χ1n) is 14.8. The topological polar surface area (TPSA) is 75.4 Å². The second-order valence-electron chi connectivity index (χ2n) is 10.8. The van der Waals surface area contributed by atoms with Gasteiger partial charge in [-0.1, -0.05) is 90.5 Å². The van der Waals surface area contributed by atoms with Crippen LogP contribution in [0.3, 0.4) is 0 Å². The van der Waals surface area contributed by atoms with Crippen molar-refractivity contribution in [3.63, 3.8) is 0 Å². The zero-order valence-electron chi connectivity index (χ0n) is 24.2. The first-order valence-corrected chi connectivity index (χ1v) is 15.1. The molecule has 2 unspecified atom stereocenters. The average Bonchev–Trinajstić information content (AvgIpc) is 3.58. The van der Waals surface area contributed by atoms with Crippen molar-refractivity contribution in [3.8, 4) is 11.5 Å². The zero-order chi connectivity index (χ0) is 30.6. The predicted molar refractivity (Wildman–Crippen MR) is 178 cm³/mol. The Hall–Kier alpha value is -5.46. The van der Waals surface area contributed by atoms with E-state index in [9.17, 15) is 4.79 Å². The summed E-state index contributed by atoms with van der Waals surface area (Å²) in [7, 11) is 0. The lowest BCUT2D eigenvalue weighted by molar-refractivity contribution is 0.102. The molecule has 1 aromatic heterocycles. The third kappa shape index (κ3) is 6.01. The number of anilines is 1. The highest BCUT2D eigenvalue weighted by Gasteiger charge is 2.36. The Labute approximate surface area is 266 Å². The van der Waals surface area contributed by atoms with Crippen LogP contribution in [0.2, 0.25) is 0 Å². The van der Waals surface area contributed by atoms with Gasteiger partial charge in [-0.25, -0.2) is 0 Å². The lowest BCUT2D eigenvalue weighted by Crippen LogP contribution is -2.31. The molecule has 0 bridgehead atoms. The molecule has 3 N–H and O–H groups in total. The van der Waals surface area contributed by atoms with Crippen LogP contribution in [0.15, 0.2) is 150 Å². The second kappa shape index (κ2) is 12.6. The Kier molecular flexibility index (Phi) is 7.96. The molecule has 0 aliphatic heterocycles. The van der Waals surface area contributed by atoms with E-state index in [4.69, 9.17) is 21.1 Å². The number of ether oxygens (including phenoxy) is 2. The number of aromatic nitrogens is 1. The Morgan fingerprint density at radius 2 is 1.31 bits per heavy atom. The molecule has 7 rings (SSSR count). The van der Waals surface area contributed by atoms with Gasteiger partial charge in [0.05, 0.1) is 16.4 Å². The first kappa shape index (κ1) is 28.3. The van der Waals surface area contributed by atoms with Gasteiger partial charge in [0.15, 0.2) is 12.2 Å². The number of carbonyl (C=O) groups is 1. The van der Waals surface area contributed by atoms with Crippen LogP contribution in [0.5, 0.6) is 11.5 Å². The van der Waals surface area contributed by atoms with Gasteiger partial charge in [-0.3, -0.25) is 4.79 Å². The van der Waals surface area contributed by atoms with Gasteiger partial charge in [0.25, 0.3) is 5.91 Å². The number of amides is 1. The van der Waals surface area contributed by atoms with Crippen LogP contribution in [-0.4, -0.2) is 10.9 Å². The number of hydrogen-bond acceptors (Lipinski definition) is 4. The summed E-state index contributed by atoms with van der Waals surface area (Å²) in [6, 6.07) is 42.7. The third-order valence-corrected chi connectivity index (χ3v) is 8.25. The SMILES string of the molecule is O=C(Nc1cccc2[nH]ccc12)c1ccc(CNC2=C(Cl)C(Oc3ccccc3)c3ccccc3C2Oc2ccccc2)cc1. The van der Waals surface area contributed by atoms with E-state index in [-0.39, 0.29) is 5.91 Å². The van der Waals surface area contributed by atoms with Crippen LogP contribution in [0, 0.1) is 0 Å². The summed E-state index contributed by atoms with van der Waals surface area (Å²) in [4.78, 5) is 16.2.